The molecular weight excluding hydrogens is 342 g/mol. The van der Waals surface area contributed by atoms with Gasteiger partial charge in [0.2, 0.25) is 5.91 Å². The molecule has 6 nitrogen and oxygen atoms in total. The van der Waals surface area contributed by atoms with E-state index in [1.54, 1.807) is 11.8 Å². The molecule has 0 spiro atoms. The van der Waals surface area contributed by atoms with E-state index < -0.39 is 0 Å². The Morgan fingerprint density at radius 2 is 1.70 bits per heavy atom. The molecule has 1 fully saturated rings. The zero-order valence-electron chi connectivity index (χ0n) is 15.5. The second-order valence-electron chi connectivity index (χ2n) is 6.54. The van der Waals surface area contributed by atoms with Crippen molar-refractivity contribution < 1.29 is 14.3 Å². The second-order valence-corrected chi connectivity index (χ2v) is 6.54. The van der Waals surface area contributed by atoms with Crippen LogP contribution in [0, 0.1) is 5.92 Å². The number of rotatable bonds is 5. The Bertz CT molecular complexity index is 762. The van der Waals surface area contributed by atoms with Crippen LogP contribution in [0.3, 0.4) is 0 Å². The van der Waals surface area contributed by atoms with Gasteiger partial charge in [0.25, 0.3) is 0 Å². The molecule has 0 bridgehead atoms. The molecule has 1 heterocycles. The third-order valence-corrected chi connectivity index (χ3v) is 4.53. The van der Waals surface area contributed by atoms with Gasteiger partial charge in [-0.2, -0.15) is 0 Å². The van der Waals surface area contributed by atoms with Crippen molar-refractivity contribution in [2.24, 2.45) is 5.92 Å². The lowest BCUT2D eigenvalue weighted by molar-refractivity contribution is -0.121. The molecule has 6 heteroatoms. The minimum atomic E-state index is -0.341. The minimum absolute atomic E-state index is 0.0623. The van der Waals surface area contributed by atoms with E-state index in [4.69, 9.17) is 4.74 Å². The number of nitrogens with one attached hydrogen (secondary N) is 2. The molecule has 2 amide bonds. The number of hydrogen-bond donors (Lipinski definition) is 2. The van der Waals surface area contributed by atoms with E-state index in [0.29, 0.717) is 19.7 Å². The Balaban J connectivity index is 1.55. The third-order valence-electron chi connectivity index (χ3n) is 4.53. The van der Waals surface area contributed by atoms with Crippen LogP contribution in [0.2, 0.25) is 0 Å². The van der Waals surface area contributed by atoms with Gasteiger partial charge in [-0.25, -0.2) is 4.79 Å². The highest BCUT2D eigenvalue weighted by Gasteiger charge is 2.29. The number of carbonyl (C=O) groups is 2. The molecule has 2 N–H and O–H groups in total. The number of nitrogens with zero attached hydrogens (tertiary/aromatic N) is 1. The van der Waals surface area contributed by atoms with Crippen molar-refractivity contribution in [2.75, 3.05) is 30.3 Å². The van der Waals surface area contributed by atoms with Crippen LogP contribution in [-0.4, -0.2) is 36.6 Å². The maximum atomic E-state index is 12.6. The van der Waals surface area contributed by atoms with Gasteiger partial charge in [0.15, 0.2) is 0 Å². The van der Waals surface area contributed by atoms with E-state index >= 15 is 0 Å². The Labute approximate surface area is 159 Å². The normalized spacial score (nSPS) is 16.5. The Hall–Kier alpha value is -3.02. The lowest BCUT2D eigenvalue weighted by Gasteiger charge is -2.31. The van der Waals surface area contributed by atoms with Crippen molar-refractivity contribution in [3.05, 3.63) is 54.6 Å². The van der Waals surface area contributed by atoms with Crippen molar-refractivity contribution in [3.8, 4) is 0 Å². The molecule has 3 rings (SSSR count). The van der Waals surface area contributed by atoms with Gasteiger partial charge in [-0.15, -0.1) is 0 Å². The molecule has 27 heavy (non-hydrogen) atoms. The zero-order valence-corrected chi connectivity index (χ0v) is 15.5. The minimum Gasteiger partial charge on any atom is -0.450 e. The number of likely N-dealkylation sites (tertiary alicyclic amines) is 1. The van der Waals surface area contributed by atoms with Gasteiger partial charge >= 0.3 is 6.09 Å². The molecule has 0 aliphatic carbocycles. The molecular formula is C21H25N3O3. The van der Waals surface area contributed by atoms with Crippen LogP contribution in [0.1, 0.15) is 19.8 Å². The molecule has 0 saturated carbocycles. The first-order valence-electron chi connectivity index (χ1n) is 9.30. The van der Waals surface area contributed by atoms with Crippen LogP contribution >= 0.6 is 0 Å². The van der Waals surface area contributed by atoms with Crippen molar-refractivity contribution in [2.45, 2.75) is 19.8 Å². The van der Waals surface area contributed by atoms with Crippen molar-refractivity contribution in [1.82, 2.24) is 4.90 Å². The van der Waals surface area contributed by atoms with Crippen molar-refractivity contribution in [3.63, 3.8) is 0 Å². The average molecular weight is 367 g/mol. The number of piperidine rings is 1. The molecule has 0 unspecified atom stereocenters. The predicted molar refractivity (Wildman–Crippen MR) is 106 cm³/mol. The summed E-state index contributed by atoms with van der Waals surface area (Å²) in [5.74, 6) is -0.280. The van der Waals surface area contributed by atoms with Crippen LogP contribution in [-0.2, 0) is 9.53 Å². The fourth-order valence-electron chi connectivity index (χ4n) is 3.14. The van der Waals surface area contributed by atoms with Gasteiger partial charge in [-0.3, -0.25) is 4.79 Å². The van der Waals surface area contributed by atoms with Crippen molar-refractivity contribution >= 4 is 29.1 Å². The third kappa shape index (κ3) is 5.23. The number of amides is 2. The highest BCUT2D eigenvalue weighted by Crippen LogP contribution is 2.22. The number of anilines is 3. The number of carbonyl (C=O) groups excluding carboxylic acids is 2. The zero-order chi connectivity index (χ0) is 19.1. The lowest BCUT2D eigenvalue weighted by Crippen LogP contribution is -2.44. The Kier molecular flexibility index (Phi) is 6.30. The fraction of sp³-hybridized carbons (Fsp3) is 0.333. The Morgan fingerprint density at radius 1 is 1.04 bits per heavy atom. The van der Waals surface area contributed by atoms with Gasteiger partial charge in [0.05, 0.1) is 12.5 Å². The molecule has 1 aliphatic heterocycles. The van der Waals surface area contributed by atoms with Crippen molar-refractivity contribution in [1.29, 1.82) is 0 Å². The van der Waals surface area contributed by atoms with E-state index in [2.05, 4.69) is 10.6 Å². The summed E-state index contributed by atoms with van der Waals surface area (Å²) in [5, 5.41) is 6.26. The standard InChI is InChI=1S/C21H25N3O3/c1-2-27-21(26)24-14-6-7-16(15-24)20(25)23-19-12-10-18(11-13-19)22-17-8-4-3-5-9-17/h3-5,8-13,16,22H,2,6-7,14-15H2,1H3,(H,23,25)/t16-/m0/s1. The van der Waals surface area contributed by atoms with Gasteiger partial charge < -0.3 is 20.3 Å². The Morgan fingerprint density at radius 3 is 2.41 bits per heavy atom. The van der Waals surface area contributed by atoms with Gasteiger partial charge in [0, 0.05) is 30.2 Å². The predicted octanol–water partition coefficient (Wildman–Crippen LogP) is 4.24. The van der Waals surface area contributed by atoms with Gasteiger partial charge in [0.1, 0.15) is 0 Å². The smallest absolute Gasteiger partial charge is 0.409 e. The molecule has 142 valence electrons. The highest BCUT2D eigenvalue weighted by molar-refractivity contribution is 5.93. The molecule has 0 aromatic heterocycles. The van der Waals surface area contributed by atoms with E-state index in [1.165, 1.54) is 0 Å². The maximum absolute atomic E-state index is 12.6. The second kappa shape index (κ2) is 9.07. The van der Waals surface area contributed by atoms with E-state index in [1.807, 2.05) is 54.6 Å². The number of para-hydroxylation sites is 1. The molecule has 2 aromatic carbocycles. The number of hydrogen-bond acceptors (Lipinski definition) is 4. The topological polar surface area (TPSA) is 70.7 Å². The summed E-state index contributed by atoms with van der Waals surface area (Å²) in [7, 11) is 0. The largest absolute Gasteiger partial charge is 0.450 e. The highest BCUT2D eigenvalue weighted by atomic mass is 16.6. The first-order chi connectivity index (χ1) is 13.2. The van der Waals surface area contributed by atoms with E-state index in [0.717, 1.165) is 29.9 Å². The van der Waals surface area contributed by atoms with E-state index in [-0.39, 0.29) is 17.9 Å². The molecule has 1 atom stereocenters. The summed E-state index contributed by atoms with van der Waals surface area (Å²) >= 11 is 0. The molecule has 0 radical (unpaired) electrons. The van der Waals surface area contributed by atoms with Crippen LogP contribution in [0.4, 0.5) is 21.9 Å². The summed E-state index contributed by atoms with van der Waals surface area (Å²) in [6.45, 7) is 3.17. The summed E-state index contributed by atoms with van der Waals surface area (Å²) in [6, 6.07) is 17.5. The van der Waals surface area contributed by atoms with E-state index in [9.17, 15) is 9.59 Å². The number of ether oxygens (including phenoxy) is 1. The van der Waals surface area contributed by atoms with Crippen LogP contribution in [0.25, 0.3) is 0 Å². The SMILES string of the molecule is CCOC(=O)N1CCC[C@H](C(=O)Nc2ccc(Nc3ccccc3)cc2)C1. The summed E-state index contributed by atoms with van der Waals surface area (Å²) in [5.41, 5.74) is 2.70. The fourth-order valence-corrected chi connectivity index (χ4v) is 3.14. The van der Waals surface area contributed by atoms with Gasteiger partial charge in [-0.1, -0.05) is 18.2 Å². The quantitative estimate of drug-likeness (QED) is 0.829. The first-order valence-corrected chi connectivity index (χ1v) is 9.30. The molecule has 2 aromatic rings. The van der Waals surface area contributed by atoms with Crippen LogP contribution < -0.4 is 10.6 Å². The maximum Gasteiger partial charge on any atom is 0.409 e. The monoisotopic (exact) mass is 367 g/mol. The van der Waals surface area contributed by atoms with Gasteiger partial charge in [-0.05, 0) is 56.2 Å². The average Bonchev–Trinajstić information content (AvgIpc) is 2.70. The van der Waals surface area contributed by atoms with Crippen LogP contribution in [0.5, 0.6) is 0 Å². The molecule has 1 aliphatic rings. The first kappa shape index (κ1) is 18.8. The van der Waals surface area contributed by atoms with Crippen LogP contribution in [0.15, 0.2) is 54.6 Å². The lowest BCUT2D eigenvalue weighted by atomic mass is 9.97. The summed E-state index contributed by atoms with van der Waals surface area (Å²) in [6.07, 6.45) is 1.23. The summed E-state index contributed by atoms with van der Waals surface area (Å²) in [4.78, 5) is 26.1. The number of benzene rings is 2. The summed E-state index contributed by atoms with van der Waals surface area (Å²) < 4.78 is 5.04. The molecule has 1 saturated heterocycles.